The highest BCUT2D eigenvalue weighted by Gasteiger charge is 2.45. The molecule has 0 radical (unpaired) electrons. The predicted molar refractivity (Wildman–Crippen MR) is 126 cm³/mol. The summed E-state index contributed by atoms with van der Waals surface area (Å²) < 4.78 is 10.8. The van der Waals surface area contributed by atoms with Crippen LogP contribution in [0.1, 0.15) is 48.7 Å². The molecule has 0 fully saturated rings. The second-order valence-corrected chi connectivity index (χ2v) is 9.12. The molecular formula is C24H17ClN2O5S. The van der Waals surface area contributed by atoms with Gasteiger partial charge in [-0.25, -0.2) is 9.78 Å². The molecule has 33 heavy (non-hydrogen) atoms. The maximum absolute atomic E-state index is 13.6. The van der Waals surface area contributed by atoms with Crippen LogP contribution in [0.5, 0.6) is 0 Å². The number of aromatic nitrogens is 1. The van der Waals surface area contributed by atoms with E-state index in [4.69, 9.17) is 20.8 Å². The van der Waals surface area contributed by atoms with Crippen molar-refractivity contribution in [1.82, 2.24) is 4.98 Å². The average Bonchev–Trinajstić information content (AvgIpc) is 3.32. The lowest BCUT2D eigenvalue weighted by molar-refractivity contribution is 0.0605. The summed E-state index contributed by atoms with van der Waals surface area (Å²) in [5.74, 6) is -1.09. The largest absolute Gasteiger partial charge is 0.465 e. The Morgan fingerprint density at radius 3 is 2.58 bits per heavy atom. The Labute approximate surface area is 197 Å². The number of amides is 1. The zero-order valence-electron chi connectivity index (χ0n) is 17.8. The third kappa shape index (κ3) is 3.34. The number of methoxy groups -OCH3 is 1. The molecule has 9 heteroatoms. The van der Waals surface area contributed by atoms with Crippen molar-refractivity contribution in [3.8, 4) is 0 Å². The number of fused-ring (bicyclic) bond motifs is 2. The number of thiazole rings is 1. The van der Waals surface area contributed by atoms with Crippen molar-refractivity contribution in [2.45, 2.75) is 19.9 Å². The van der Waals surface area contributed by atoms with Gasteiger partial charge < -0.3 is 9.15 Å². The maximum Gasteiger partial charge on any atom is 0.350 e. The predicted octanol–water partition coefficient (Wildman–Crippen LogP) is 5.06. The molecule has 1 aliphatic rings. The molecule has 7 nitrogen and oxygen atoms in total. The molecule has 2 aromatic carbocycles. The van der Waals surface area contributed by atoms with Crippen molar-refractivity contribution in [1.29, 1.82) is 0 Å². The maximum atomic E-state index is 13.6. The summed E-state index contributed by atoms with van der Waals surface area (Å²) in [6.45, 7) is 3.62. The number of halogens is 1. The van der Waals surface area contributed by atoms with Crippen LogP contribution in [0, 0.1) is 13.8 Å². The number of benzene rings is 2. The Kier molecular flexibility index (Phi) is 5.07. The molecule has 2 aromatic heterocycles. The van der Waals surface area contributed by atoms with Gasteiger partial charge in [0.2, 0.25) is 5.76 Å². The van der Waals surface area contributed by atoms with E-state index in [0.717, 1.165) is 16.9 Å². The Hall–Kier alpha value is -3.49. The minimum absolute atomic E-state index is 0.0483. The second kappa shape index (κ2) is 7.83. The average molecular weight is 481 g/mol. The van der Waals surface area contributed by atoms with Crippen LogP contribution in [0.2, 0.25) is 5.02 Å². The van der Waals surface area contributed by atoms with Gasteiger partial charge in [-0.3, -0.25) is 14.5 Å². The Bertz CT molecular complexity index is 1510. The number of anilines is 1. The molecule has 3 heterocycles. The normalized spacial score (nSPS) is 15.2. The number of ether oxygens (including phenoxy) is 1. The van der Waals surface area contributed by atoms with Crippen LogP contribution < -0.4 is 10.3 Å². The van der Waals surface area contributed by atoms with Gasteiger partial charge in [0.15, 0.2) is 10.6 Å². The first-order valence-electron chi connectivity index (χ1n) is 10.0. The van der Waals surface area contributed by atoms with Crippen molar-refractivity contribution in [3.63, 3.8) is 0 Å². The van der Waals surface area contributed by atoms with E-state index in [9.17, 15) is 14.4 Å². The van der Waals surface area contributed by atoms with Crippen molar-refractivity contribution >= 4 is 50.9 Å². The first-order valence-corrected chi connectivity index (χ1v) is 11.2. The van der Waals surface area contributed by atoms with Crippen molar-refractivity contribution in [2.75, 3.05) is 12.0 Å². The minimum atomic E-state index is -0.774. The zero-order chi connectivity index (χ0) is 23.4. The molecule has 0 bridgehead atoms. The highest BCUT2D eigenvalue weighted by molar-refractivity contribution is 7.17. The number of aryl methyl sites for hydroxylation is 2. The fourth-order valence-corrected chi connectivity index (χ4v) is 5.16. The quantitative estimate of drug-likeness (QED) is 0.381. The highest BCUT2D eigenvalue weighted by atomic mass is 35.5. The number of hydrogen-bond acceptors (Lipinski definition) is 7. The van der Waals surface area contributed by atoms with Gasteiger partial charge in [0.1, 0.15) is 10.5 Å². The SMILES string of the molecule is COC(=O)c1sc(N2C(=O)c3oc4ccc(Cl)cc4c(=O)c3C2c2ccc(C)cc2)nc1C. The molecular weight excluding hydrogens is 464 g/mol. The summed E-state index contributed by atoms with van der Waals surface area (Å²) in [4.78, 5) is 45.5. The van der Waals surface area contributed by atoms with Gasteiger partial charge in [-0.1, -0.05) is 52.8 Å². The summed E-state index contributed by atoms with van der Waals surface area (Å²) in [5, 5.41) is 0.955. The summed E-state index contributed by atoms with van der Waals surface area (Å²) in [7, 11) is 1.28. The Balaban J connectivity index is 1.78. The van der Waals surface area contributed by atoms with Gasteiger partial charge in [-0.05, 0) is 37.6 Å². The molecule has 4 aromatic rings. The molecule has 1 unspecified atom stereocenters. The van der Waals surface area contributed by atoms with Crippen LogP contribution in [0.25, 0.3) is 11.0 Å². The lowest BCUT2D eigenvalue weighted by Crippen LogP contribution is -2.29. The van der Waals surface area contributed by atoms with Crippen molar-refractivity contribution < 1.29 is 18.7 Å². The van der Waals surface area contributed by atoms with E-state index < -0.39 is 17.9 Å². The van der Waals surface area contributed by atoms with E-state index in [-0.39, 0.29) is 32.3 Å². The van der Waals surface area contributed by atoms with Crippen LogP contribution in [0.4, 0.5) is 5.13 Å². The Morgan fingerprint density at radius 1 is 1.15 bits per heavy atom. The van der Waals surface area contributed by atoms with Gasteiger partial charge >= 0.3 is 5.97 Å². The number of rotatable bonds is 3. The fourth-order valence-electron chi connectivity index (χ4n) is 3.97. The van der Waals surface area contributed by atoms with E-state index in [1.54, 1.807) is 19.1 Å². The first-order chi connectivity index (χ1) is 15.8. The van der Waals surface area contributed by atoms with Crippen molar-refractivity contribution in [2.24, 2.45) is 0 Å². The molecule has 0 spiro atoms. The van der Waals surface area contributed by atoms with E-state index >= 15 is 0 Å². The van der Waals surface area contributed by atoms with E-state index in [1.165, 1.54) is 18.1 Å². The van der Waals surface area contributed by atoms with Gasteiger partial charge in [0.25, 0.3) is 5.91 Å². The van der Waals surface area contributed by atoms with Crippen LogP contribution in [0.3, 0.4) is 0 Å². The third-order valence-corrected chi connectivity index (χ3v) is 6.96. The Morgan fingerprint density at radius 2 is 1.88 bits per heavy atom. The molecule has 0 N–H and O–H groups in total. The van der Waals surface area contributed by atoms with Crippen LogP contribution in [0.15, 0.2) is 51.7 Å². The molecule has 5 rings (SSSR count). The second-order valence-electron chi connectivity index (χ2n) is 7.71. The lowest BCUT2D eigenvalue weighted by Gasteiger charge is -2.22. The molecule has 1 aliphatic heterocycles. The van der Waals surface area contributed by atoms with Gasteiger partial charge in [0, 0.05) is 5.02 Å². The topological polar surface area (TPSA) is 89.7 Å². The molecule has 1 atom stereocenters. The number of esters is 1. The standard InChI is InChI=1S/C24H17ClN2O5S/c1-11-4-6-13(7-5-11)18-17-19(28)15-10-14(25)8-9-16(15)32-20(17)22(29)27(18)24-26-12(2)21(33-24)23(30)31-3/h4-10,18H,1-3H3. The zero-order valence-corrected chi connectivity index (χ0v) is 19.4. The smallest absolute Gasteiger partial charge is 0.350 e. The summed E-state index contributed by atoms with van der Waals surface area (Å²) >= 11 is 7.15. The molecule has 0 saturated carbocycles. The number of carbonyl (C=O) groups excluding carboxylic acids is 2. The number of nitrogens with zero attached hydrogens (tertiary/aromatic N) is 2. The summed E-state index contributed by atoms with van der Waals surface area (Å²) in [5.41, 5.74) is 2.33. The van der Waals surface area contributed by atoms with E-state index in [0.29, 0.717) is 21.7 Å². The van der Waals surface area contributed by atoms with Crippen molar-refractivity contribution in [3.05, 3.63) is 90.7 Å². The highest BCUT2D eigenvalue weighted by Crippen LogP contribution is 2.43. The summed E-state index contributed by atoms with van der Waals surface area (Å²) in [6, 6.07) is 11.5. The van der Waals surface area contributed by atoms with Crippen LogP contribution in [-0.4, -0.2) is 24.0 Å². The molecule has 0 saturated heterocycles. The number of hydrogen-bond donors (Lipinski definition) is 0. The molecule has 166 valence electrons. The van der Waals surface area contributed by atoms with E-state index in [2.05, 4.69) is 4.98 Å². The minimum Gasteiger partial charge on any atom is -0.465 e. The third-order valence-electron chi connectivity index (χ3n) is 5.59. The summed E-state index contributed by atoms with van der Waals surface area (Å²) in [6.07, 6.45) is 0. The van der Waals surface area contributed by atoms with Gasteiger partial charge in [0.05, 0.1) is 29.8 Å². The molecule has 0 aliphatic carbocycles. The lowest BCUT2D eigenvalue weighted by atomic mass is 9.98. The van der Waals surface area contributed by atoms with Gasteiger partial charge in [-0.2, -0.15) is 0 Å². The fraction of sp³-hybridized carbons (Fsp3) is 0.167. The van der Waals surface area contributed by atoms with Crippen LogP contribution >= 0.6 is 22.9 Å². The monoisotopic (exact) mass is 480 g/mol. The first kappa shape index (κ1) is 21.4. The van der Waals surface area contributed by atoms with Gasteiger partial charge in [-0.15, -0.1) is 0 Å². The molecule has 1 amide bonds. The van der Waals surface area contributed by atoms with Crippen LogP contribution in [-0.2, 0) is 4.74 Å². The number of carbonyl (C=O) groups is 2. The van der Waals surface area contributed by atoms with E-state index in [1.807, 2.05) is 31.2 Å².